The molecular formula is C12H19NO3. The van der Waals surface area contributed by atoms with Crippen LogP contribution >= 0.6 is 0 Å². The Kier molecular flexibility index (Phi) is 4.92. The van der Waals surface area contributed by atoms with Crippen LogP contribution in [-0.2, 0) is 0 Å². The van der Waals surface area contributed by atoms with Gasteiger partial charge in [-0.15, -0.1) is 0 Å². The van der Waals surface area contributed by atoms with E-state index in [1.165, 1.54) is 0 Å². The van der Waals surface area contributed by atoms with E-state index < -0.39 is 0 Å². The Morgan fingerprint density at radius 3 is 2.12 bits per heavy atom. The lowest BCUT2D eigenvalue weighted by molar-refractivity contribution is 0.188. The van der Waals surface area contributed by atoms with Crippen molar-refractivity contribution >= 4 is 0 Å². The highest BCUT2D eigenvalue weighted by molar-refractivity contribution is 5.51. The summed E-state index contributed by atoms with van der Waals surface area (Å²) in [5.74, 6) is 1.93. The average molecular weight is 225 g/mol. The summed E-state index contributed by atoms with van der Waals surface area (Å²) in [5, 5.41) is 0. The Balaban J connectivity index is 2.98. The third kappa shape index (κ3) is 2.79. The van der Waals surface area contributed by atoms with Crippen molar-refractivity contribution in [2.24, 2.45) is 5.73 Å². The minimum atomic E-state index is -0.0230. The molecule has 0 radical (unpaired) electrons. The molecule has 4 nitrogen and oxygen atoms in total. The Hall–Kier alpha value is -1.42. The largest absolute Gasteiger partial charge is 0.493 e. The lowest BCUT2D eigenvalue weighted by Crippen LogP contribution is -2.26. The maximum absolute atomic E-state index is 5.78. The Bertz CT molecular complexity index is 302. The van der Waals surface area contributed by atoms with Gasteiger partial charge in [0.25, 0.3) is 0 Å². The molecule has 2 N–H and O–H groups in total. The van der Waals surface area contributed by atoms with Gasteiger partial charge < -0.3 is 19.9 Å². The molecule has 0 fully saturated rings. The molecule has 1 aromatic rings. The van der Waals surface area contributed by atoms with Crippen LogP contribution in [0.15, 0.2) is 18.2 Å². The highest BCUT2D eigenvalue weighted by Crippen LogP contribution is 2.37. The van der Waals surface area contributed by atoms with Gasteiger partial charge in [-0.05, 0) is 18.6 Å². The predicted molar refractivity (Wildman–Crippen MR) is 63.3 cm³/mol. The van der Waals surface area contributed by atoms with Crippen LogP contribution in [0.2, 0.25) is 0 Å². The molecule has 1 unspecified atom stereocenters. The van der Waals surface area contributed by atoms with Crippen LogP contribution in [0.25, 0.3) is 0 Å². The van der Waals surface area contributed by atoms with Crippen molar-refractivity contribution in [3.63, 3.8) is 0 Å². The quantitative estimate of drug-likeness (QED) is 0.802. The zero-order valence-electron chi connectivity index (χ0n) is 10.0. The second kappa shape index (κ2) is 6.23. The van der Waals surface area contributed by atoms with E-state index in [1.54, 1.807) is 14.2 Å². The number of benzene rings is 1. The van der Waals surface area contributed by atoms with E-state index in [0.717, 1.165) is 6.42 Å². The van der Waals surface area contributed by atoms with Crippen molar-refractivity contribution in [3.05, 3.63) is 18.2 Å². The molecule has 4 heteroatoms. The summed E-state index contributed by atoms with van der Waals surface area (Å²) < 4.78 is 16.2. The predicted octanol–water partition coefficient (Wildman–Crippen LogP) is 1.82. The first kappa shape index (κ1) is 12.6. The van der Waals surface area contributed by atoms with Gasteiger partial charge in [0.05, 0.1) is 14.2 Å². The fourth-order valence-electron chi connectivity index (χ4n) is 1.40. The van der Waals surface area contributed by atoms with Crippen LogP contribution in [0.5, 0.6) is 17.2 Å². The summed E-state index contributed by atoms with van der Waals surface area (Å²) in [6, 6.07) is 5.52. The molecule has 0 aliphatic rings. The summed E-state index contributed by atoms with van der Waals surface area (Å²) in [6.07, 6.45) is 0.822. The maximum atomic E-state index is 5.78. The molecule has 0 aliphatic carbocycles. The molecule has 16 heavy (non-hydrogen) atoms. The van der Waals surface area contributed by atoms with Crippen LogP contribution in [0.3, 0.4) is 0 Å². The number of para-hydroxylation sites is 1. The standard InChI is InChI=1S/C12H19NO3/c1-4-9(8-13)16-12-10(14-2)6-5-7-11(12)15-3/h5-7,9H,4,8,13H2,1-3H3. The summed E-state index contributed by atoms with van der Waals surface area (Å²) in [4.78, 5) is 0. The van der Waals surface area contributed by atoms with Crippen LogP contribution in [0, 0.1) is 0 Å². The molecule has 0 spiro atoms. The van der Waals surface area contributed by atoms with E-state index in [9.17, 15) is 0 Å². The van der Waals surface area contributed by atoms with Gasteiger partial charge in [0.1, 0.15) is 6.10 Å². The molecule has 0 saturated heterocycles. The molecule has 0 amide bonds. The van der Waals surface area contributed by atoms with Crippen molar-refractivity contribution in [2.45, 2.75) is 19.4 Å². The Morgan fingerprint density at radius 2 is 1.75 bits per heavy atom. The van der Waals surface area contributed by atoms with E-state index in [0.29, 0.717) is 23.8 Å². The second-order valence-corrected chi connectivity index (χ2v) is 3.38. The molecular weight excluding hydrogens is 206 g/mol. The van der Waals surface area contributed by atoms with E-state index in [-0.39, 0.29) is 6.10 Å². The molecule has 90 valence electrons. The molecule has 0 aliphatic heterocycles. The number of nitrogens with two attached hydrogens (primary N) is 1. The van der Waals surface area contributed by atoms with E-state index >= 15 is 0 Å². The zero-order chi connectivity index (χ0) is 12.0. The van der Waals surface area contributed by atoms with Crippen LogP contribution in [-0.4, -0.2) is 26.9 Å². The monoisotopic (exact) mass is 225 g/mol. The first-order chi connectivity index (χ1) is 7.76. The fraction of sp³-hybridized carbons (Fsp3) is 0.500. The van der Waals surface area contributed by atoms with Crippen molar-refractivity contribution in [1.82, 2.24) is 0 Å². The van der Waals surface area contributed by atoms with Crippen molar-refractivity contribution < 1.29 is 14.2 Å². The number of ether oxygens (including phenoxy) is 3. The number of rotatable bonds is 6. The van der Waals surface area contributed by atoms with Crippen molar-refractivity contribution in [1.29, 1.82) is 0 Å². The summed E-state index contributed by atoms with van der Waals surface area (Å²) >= 11 is 0. The smallest absolute Gasteiger partial charge is 0.203 e. The molecule has 0 saturated carbocycles. The minimum Gasteiger partial charge on any atom is -0.493 e. The van der Waals surface area contributed by atoms with Crippen LogP contribution in [0.1, 0.15) is 13.3 Å². The molecule has 0 heterocycles. The number of hydrogen-bond acceptors (Lipinski definition) is 4. The third-order valence-corrected chi connectivity index (χ3v) is 2.39. The minimum absolute atomic E-state index is 0.0230. The summed E-state index contributed by atoms with van der Waals surface area (Å²) in [7, 11) is 3.20. The van der Waals surface area contributed by atoms with Gasteiger partial charge in [0.15, 0.2) is 11.5 Å². The van der Waals surface area contributed by atoms with Gasteiger partial charge in [0.2, 0.25) is 5.75 Å². The van der Waals surface area contributed by atoms with Gasteiger partial charge in [-0.1, -0.05) is 13.0 Å². The highest BCUT2D eigenvalue weighted by Gasteiger charge is 2.15. The fourth-order valence-corrected chi connectivity index (χ4v) is 1.40. The van der Waals surface area contributed by atoms with Gasteiger partial charge in [-0.25, -0.2) is 0 Å². The first-order valence-electron chi connectivity index (χ1n) is 5.34. The first-order valence-corrected chi connectivity index (χ1v) is 5.34. The lowest BCUT2D eigenvalue weighted by Gasteiger charge is -2.19. The average Bonchev–Trinajstić information content (AvgIpc) is 2.35. The van der Waals surface area contributed by atoms with Gasteiger partial charge in [0, 0.05) is 6.54 Å². The van der Waals surface area contributed by atoms with E-state index in [2.05, 4.69) is 0 Å². The Morgan fingerprint density at radius 1 is 1.19 bits per heavy atom. The zero-order valence-corrected chi connectivity index (χ0v) is 10.0. The highest BCUT2D eigenvalue weighted by atomic mass is 16.5. The Labute approximate surface area is 96.3 Å². The second-order valence-electron chi connectivity index (χ2n) is 3.38. The normalized spacial score (nSPS) is 12.0. The molecule has 1 rings (SSSR count). The van der Waals surface area contributed by atoms with Crippen molar-refractivity contribution in [2.75, 3.05) is 20.8 Å². The number of methoxy groups -OCH3 is 2. The topological polar surface area (TPSA) is 53.7 Å². The maximum Gasteiger partial charge on any atom is 0.203 e. The van der Waals surface area contributed by atoms with Gasteiger partial charge >= 0.3 is 0 Å². The molecule has 1 atom stereocenters. The van der Waals surface area contributed by atoms with E-state index in [1.807, 2.05) is 25.1 Å². The van der Waals surface area contributed by atoms with Gasteiger partial charge in [-0.2, -0.15) is 0 Å². The molecule has 0 bridgehead atoms. The summed E-state index contributed by atoms with van der Waals surface area (Å²) in [6.45, 7) is 2.50. The third-order valence-electron chi connectivity index (χ3n) is 2.39. The SMILES string of the molecule is CCC(CN)Oc1c(OC)cccc1OC. The molecule has 0 aromatic heterocycles. The van der Waals surface area contributed by atoms with Gasteiger partial charge in [-0.3, -0.25) is 0 Å². The molecule has 1 aromatic carbocycles. The lowest BCUT2D eigenvalue weighted by atomic mass is 10.2. The van der Waals surface area contributed by atoms with Crippen LogP contribution < -0.4 is 19.9 Å². The van der Waals surface area contributed by atoms with Crippen LogP contribution in [0.4, 0.5) is 0 Å². The van der Waals surface area contributed by atoms with E-state index in [4.69, 9.17) is 19.9 Å². The number of hydrogen-bond donors (Lipinski definition) is 1. The summed E-state index contributed by atoms with van der Waals surface area (Å²) in [5.41, 5.74) is 5.61. The van der Waals surface area contributed by atoms with Crippen molar-refractivity contribution in [3.8, 4) is 17.2 Å².